The van der Waals surface area contributed by atoms with E-state index in [0.29, 0.717) is 10.8 Å². The fourth-order valence-corrected chi connectivity index (χ4v) is 7.37. The van der Waals surface area contributed by atoms with Crippen molar-refractivity contribution >= 4 is 52.4 Å². The van der Waals surface area contributed by atoms with E-state index in [2.05, 4.69) is 22.2 Å². The van der Waals surface area contributed by atoms with Gasteiger partial charge in [-0.1, -0.05) is 35.5 Å². The molecule has 3 fully saturated rings. The zero-order valence-corrected chi connectivity index (χ0v) is 21.6. The van der Waals surface area contributed by atoms with Gasteiger partial charge in [-0.3, -0.25) is 15.0 Å². The van der Waals surface area contributed by atoms with E-state index in [9.17, 15) is 4.79 Å². The Bertz CT molecular complexity index is 1080. The molecule has 0 aliphatic carbocycles. The lowest BCUT2D eigenvalue weighted by Gasteiger charge is -2.43. The standard InChI is InChI=1S/C25H29ClN4O3S2/c26-15-9-10-21-17(13-15)30(16-5-1-2-8-20(16)35-21)22(31)14-34-25-27-23(18-6-3-11-32-18)24(28-29-25)19-7-4-12-33-19/h1-2,5,8-10,13,18-19,23-25,27-29H,3-4,6-7,11-12,14H2. The zero-order valence-electron chi connectivity index (χ0n) is 19.2. The quantitative estimate of drug-likeness (QED) is 0.527. The molecular weight excluding hydrogens is 504 g/mol. The van der Waals surface area contributed by atoms with Crippen LogP contribution in [0.15, 0.2) is 52.3 Å². The largest absolute Gasteiger partial charge is 0.377 e. The minimum atomic E-state index is -0.126. The van der Waals surface area contributed by atoms with E-state index in [1.165, 1.54) is 0 Å². The Morgan fingerprint density at radius 3 is 2.51 bits per heavy atom. The summed E-state index contributed by atoms with van der Waals surface area (Å²) in [5.74, 6) is 0.324. The highest BCUT2D eigenvalue weighted by Crippen LogP contribution is 2.49. The van der Waals surface area contributed by atoms with Crippen LogP contribution in [0, 0.1) is 0 Å². The number of hydrogen-bond acceptors (Lipinski definition) is 8. The molecule has 0 bridgehead atoms. The summed E-state index contributed by atoms with van der Waals surface area (Å²) >= 11 is 9.53. The maximum absolute atomic E-state index is 13.6. The third-order valence-corrected chi connectivity index (χ3v) is 9.32. The highest BCUT2D eigenvalue weighted by Gasteiger charge is 2.42. The van der Waals surface area contributed by atoms with E-state index in [0.717, 1.165) is 60.1 Å². The maximum atomic E-state index is 13.6. The van der Waals surface area contributed by atoms with Crippen molar-refractivity contribution < 1.29 is 14.3 Å². The molecule has 4 aliphatic heterocycles. The van der Waals surface area contributed by atoms with Crippen molar-refractivity contribution in [1.82, 2.24) is 16.2 Å². The van der Waals surface area contributed by atoms with Crippen LogP contribution in [0.3, 0.4) is 0 Å². The molecular formula is C25H29ClN4O3S2. The van der Waals surface area contributed by atoms with Crippen LogP contribution in [-0.4, -0.2) is 54.7 Å². The molecule has 3 saturated heterocycles. The van der Waals surface area contributed by atoms with Crippen LogP contribution in [0.1, 0.15) is 25.7 Å². The van der Waals surface area contributed by atoms with Crippen LogP contribution in [0.2, 0.25) is 5.02 Å². The van der Waals surface area contributed by atoms with Crippen LogP contribution in [0.5, 0.6) is 0 Å². The van der Waals surface area contributed by atoms with E-state index in [-0.39, 0.29) is 35.7 Å². The number of thioether (sulfide) groups is 1. The van der Waals surface area contributed by atoms with Gasteiger partial charge in [0.1, 0.15) is 5.50 Å². The van der Waals surface area contributed by atoms with Gasteiger partial charge in [0.2, 0.25) is 5.91 Å². The fourth-order valence-electron chi connectivity index (χ4n) is 5.32. The van der Waals surface area contributed by atoms with Crippen molar-refractivity contribution in [2.45, 2.75) is 65.3 Å². The van der Waals surface area contributed by atoms with E-state index in [1.807, 2.05) is 41.3 Å². The molecule has 0 saturated carbocycles. The van der Waals surface area contributed by atoms with Crippen molar-refractivity contribution in [3.63, 3.8) is 0 Å². The number of nitrogens with one attached hydrogen (secondary N) is 3. The summed E-state index contributed by atoms with van der Waals surface area (Å²) < 4.78 is 12.0. The topological polar surface area (TPSA) is 74.9 Å². The fraction of sp³-hybridized carbons (Fsp3) is 0.480. The molecule has 0 spiro atoms. The highest BCUT2D eigenvalue weighted by molar-refractivity contribution is 8.00. The van der Waals surface area contributed by atoms with E-state index in [1.54, 1.807) is 23.5 Å². The molecule has 3 N–H and O–H groups in total. The Balaban J connectivity index is 1.17. The molecule has 6 rings (SSSR count). The first-order valence-electron chi connectivity index (χ1n) is 12.2. The number of nitrogens with zero attached hydrogens (tertiary/aromatic N) is 1. The molecule has 35 heavy (non-hydrogen) atoms. The molecule has 7 nitrogen and oxygen atoms in total. The van der Waals surface area contributed by atoms with Crippen LogP contribution in [0.25, 0.3) is 0 Å². The van der Waals surface area contributed by atoms with Gasteiger partial charge >= 0.3 is 0 Å². The number of anilines is 2. The van der Waals surface area contributed by atoms with Gasteiger partial charge in [0.25, 0.3) is 0 Å². The third-order valence-electron chi connectivity index (χ3n) is 6.95. The van der Waals surface area contributed by atoms with E-state index in [4.69, 9.17) is 21.1 Å². The van der Waals surface area contributed by atoms with Gasteiger partial charge < -0.3 is 9.47 Å². The first-order valence-corrected chi connectivity index (χ1v) is 14.4. The Kier molecular flexibility index (Phi) is 7.28. The number of halogens is 1. The van der Waals surface area contributed by atoms with Crippen molar-refractivity contribution in [1.29, 1.82) is 0 Å². The summed E-state index contributed by atoms with van der Waals surface area (Å²) in [6.07, 6.45) is 4.58. The number of benzene rings is 2. The number of rotatable bonds is 5. The van der Waals surface area contributed by atoms with Crippen LogP contribution >= 0.6 is 35.1 Å². The predicted molar refractivity (Wildman–Crippen MR) is 140 cm³/mol. The second-order valence-electron chi connectivity index (χ2n) is 9.21. The lowest BCUT2D eigenvalue weighted by Crippen LogP contribution is -2.72. The predicted octanol–water partition coefficient (Wildman–Crippen LogP) is 4.28. The van der Waals surface area contributed by atoms with Crippen molar-refractivity contribution in [3.8, 4) is 0 Å². The van der Waals surface area contributed by atoms with Gasteiger partial charge in [0, 0.05) is 28.0 Å². The summed E-state index contributed by atoms with van der Waals surface area (Å²) in [5.41, 5.74) is 8.48. The summed E-state index contributed by atoms with van der Waals surface area (Å²) in [6, 6.07) is 14.0. The average molecular weight is 533 g/mol. The van der Waals surface area contributed by atoms with Crippen molar-refractivity contribution in [2.24, 2.45) is 0 Å². The molecule has 5 atom stereocenters. The molecule has 10 heteroatoms. The second kappa shape index (κ2) is 10.6. The molecule has 5 unspecified atom stereocenters. The molecule has 0 aromatic heterocycles. The average Bonchev–Trinajstić information content (AvgIpc) is 3.61. The van der Waals surface area contributed by atoms with E-state index < -0.39 is 0 Å². The van der Waals surface area contributed by atoms with Gasteiger partial charge in [-0.2, -0.15) is 0 Å². The van der Waals surface area contributed by atoms with Crippen LogP contribution in [-0.2, 0) is 14.3 Å². The Morgan fingerprint density at radius 1 is 1.00 bits per heavy atom. The Labute approximate surface area is 219 Å². The minimum Gasteiger partial charge on any atom is -0.377 e. The third kappa shape index (κ3) is 4.98. The number of ether oxygens (including phenoxy) is 2. The molecule has 4 heterocycles. The molecule has 186 valence electrons. The molecule has 4 aliphatic rings. The van der Waals surface area contributed by atoms with Crippen LogP contribution < -0.4 is 21.1 Å². The normalized spacial score (nSPS) is 30.2. The van der Waals surface area contributed by atoms with Gasteiger partial charge in [-0.05, 0) is 56.0 Å². The van der Waals surface area contributed by atoms with Gasteiger partial charge in [-0.15, -0.1) is 11.8 Å². The van der Waals surface area contributed by atoms with Crippen molar-refractivity contribution in [2.75, 3.05) is 23.9 Å². The highest BCUT2D eigenvalue weighted by atomic mass is 35.5. The van der Waals surface area contributed by atoms with Crippen LogP contribution in [0.4, 0.5) is 11.4 Å². The molecule has 0 radical (unpaired) electrons. The molecule has 2 aromatic carbocycles. The smallest absolute Gasteiger partial charge is 0.241 e. The lowest BCUT2D eigenvalue weighted by molar-refractivity contribution is -0.115. The van der Waals surface area contributed by atoms with Gasteiger partial charge in [-0.25, -0.2) is 10.9 Å². The van der Waals surface area contributed by atoms with Crippen molar-refractivity contribution in [3.05, 3.63) is 47.5 Å². The van der Waals surface area contributed by atoms with Gasteiger partial charge in [0.05, 0.1) is 41.4 Å². The number of carbonyl (C=O) groups excluding carboxylic acids is 1. The summed E-state index contributed by atoms with van der Waals surface area (Å²) in [5, 5.41) is 4.34. The van der Waals surface area contributed by atoms with Gasteiger partial charge in [0.15, 0.2) is 0 Å². The minimum absolute atomic E-state index is 0.0183. The second-order valence-corrected chi connectivity index (χ2v) is 11.8. The summed E-state index contributed by atoms with van der Waals surface area (Å²) in [6.45, 7) is 1.62. The summed E-state index contributed by atoms with van der Waals surface area (Å²) in [4.78, 5) is 17.5. The Hall–Kier alpha value is -1.30. The zero-order chi connectivity index (χ0) is 23.8. The maximum Gasteiger partial charge on any atom is 0.241 e. The molecule has 1 amide bonds. The monoisotopic (exact) mass is 532 g/mol. The Morgan fingerprint density at radius 2 is 1.74 bits per heavy atom. The number of fused-ring (bicyclic) bond motifs is 2. The number of para-hydroxylation sites is 1. The number of hydrazine groups is 1. The first-order chi connectivity index (χ1) is 17.2. The van der Waals surface area contributed by atoms with E-state index >= 15 is 0 Å². The lowest BCUT2D eigenvalue weighted by atomic mass is 9.94. The number of amides is 1. The molecule has 2 aromatic rings. The summed E-state index contributed by atoms with van der Waals surface area (Å²) in [7, 11) is 0. The number of carbonyl (C=O) groups is 1. The SMILES string of the molecule is O=C(CSC1NNC(C2CCCO2)C(C2CCCO2)N1)N1c2ccccc2Sc2ccc(Cl)cc21. The number of hydrogen-bond donors (Lipinski definition) is 3. The first kappa shape index (κ1) is 24.1.